The number of ether oxygens (including phenoxy) is 1. The number of nitrogens with zero attached hydrogens (tertiary/aromatic N) is 1. The zero-order valence-corrected chi connectivity index (χ0v) is 15.4. The molecule has 0 saturated heterocycles. The Morgan fingerprint density at radius 2 is 1.96 bits per heavy atom. The standard InChI is InChI=1S/C19H23NO3S/c1-5-6-11-20-13(2)17(19(22)23-3)16(18(20)21)12-14-7-9-15(24-4)10-8-14/h7-10,12H,5-6,11H2,1-4H3/b16-12-. The zero-order chi connectivity index (χ0) is 17.7. The maximum atomic E-state index is 12.8. The molecule has 0 unspecified atom stereocenters. The lowest BCUT2D eigenvalue weighted by molar-refractivity contribution is -0.136. The summed E-state index contributed by atoms with van der Waals surface area (Å²) in [5.41, 5.74) is 2.34. The molecule has 0 atom stereocenters. The maximum absolute atomic E-state index is 12.8. The Labute approximate surface area is 147 Å². The first-order valence-electron chi connectivity index (χ1n) is 8.00. The largest absolute Gasteiger partial charge is 0.465 e. The normalized spacial score (nSPS) is 16.2. The van der Waals surface area contributed by atoms with Gasteiger partial charge in [-0.05, 0) is 43.4 Å². The second kappa shape index (κ2) is 8.20. The number of benzene rings is 1. The Hall–Kier alpha value is -2.01. The molecule has 0 spiro atoms. The van der Waals surface area contributed by atoms with Crippen molar-refractivity contribution < 1.29 is 14.3 Å². The van der Waals surface area contributed by atoms with Gasteiger partial charge in [0.15, 0.2) is 0 Å². The fraction of sp³-hybridized carbons (Fsp3) is 0.368. The highest BCUT2D eigenvalue weighted by atomic mass is 32.2. The number of carbonyl (C=O) groups is 2. The van der Waals surface area contributed by atoms with Gasteiger partial charge in [0.1, 0.15) is 0 Å². The fourth-order valence-electron chi connectivity index (χ4n) is 2.68. The van der Waals surface area contributed by atoms with Gasteiger partial charge in [-0.25, -0.2) is 4.79 Å². The zero-order valence-electron chi connectivity index (χ0n) is 14.6. The summed E-state index contributed by atoms with van der Waals surface area (Å²) in [4.78, 5) is 27.8. The third-order valence-corrected chi connectivity index (χ3v) is 4.81. The van der Waals surface area contributed by atoms with E-state index in [-0.39, 0.29) is 5.91 Å². The number of thioether (sulfide) groups is 1. The van der Waals surface area contributed by atoms with Crippen LogP contribution in [0.4, 0.5) is 0 Å². The van der Waals surface area contributed by atoms with Gasteiger partial charge in [0, 0.05) is 17.1 Å². The molecule has 0 fully saturated rings. The molecule has 128 valence electrons. The van der Waals surface area contributed by atoms with Gasteiger partial charge in [0.05, 0.1) is 18.3 Å². The van der Waals surface area contributed by atoms with Crippen LogP contribution < -0.4 is 0 Å². The summed E-state index contributed by atoms with van der Waals surface area (Å²) in [6.07, 6.45) is 5.67. The average molecular weight is 345 g/mol. The van der Waals surface area contributed by atoms with E-state index in [2.05, 4.69) is 6.92 Å². The Kier molecular flexibility index (Phi) is 6.26. The Morgan fingerprint density at radius 1 is 1.29 bits per heavy atom. The quantitative estimate of drug-likeness (QED) is 0.446. The van der Waals surface area contributed by atoms with Crippen LogP contribution in [-0.2, 0) is 14.3 Å². The van der Waals surface area contributed by atoms with Gasteiger partial charge in [-0.15, -0.1) is 11.8 Å². The van der Waals surface area contributed by atoms with E-state index in [0.29, 0.717) is 23.4 Å². The second-order valence-electron chi connectivity index (χ2n) is 5.59. The molecule has 0 saturated carbocycles. The van der Waals surface area contributed by atoms with Crippen molar-refractivity contribution in [3.63, 3.8) is 0 Å². The van der Waals surface area contributed by atoms with Gasteiger partial charge >= 0.3 is 5.97 Å². The van der Waals surface area contributed by atoms with E-state index in [4.69, 9.17) is 4.74 Å². The van der Waals surface area contributed by atoms with Gasteiger partial charge in [-0.2, -0.15) is 0 Å². The summed E-state index contributed by atoms with van der Waals surface area (Å²) in [5, 5.41) is 0. The molecule has 2 rings (SSSR count). The molecule has 1 aliphatic rings. The number of rotatable bonds is 6. The Bertz CT molecular complexity index is 689. The minimum Gasteiger partial charge on any atom is -0.465 e. The fourth-order valence-corrected chi connectivity index (χ4v) is 3.09. The van der Waals surface area contributed by atoms with Crippen LogP contribution >= 0.6 is 11.8 Å². The second-order valence-corrected chi connectivity index (χ2v) is 6.47. The SMILES string of the molecule is CCCCN1C(=O)/C(=C\c2ccc(SC)cc2)C(C(=O)OC)=C1C. The van der Waals surface area contributed by atoms with Crippen molar-refractivity contribution in [3.8, 4) is 0 Å². The minimum absolute atomic E-state index is 0.129. The summed E-state index contributed by atoms with van der Waals surface area (Å²) in [5.74, 6) is -0.595. The first-order valence-corrected chi connectivity index (χ1v) is 9.23. The molecule has 1 aromatic rings. The van der Waals surface area contributed by atoms with Crippen molar-refractivity contribution in [2.24, 2.45) is 0 Å². The molecular weight excluding hydrogens is 322 g/mol. The highest BCUT2D eigenvalue weighted by molar-refractivity contribution is 7.98. The highest BCUT2D eigenvalue weighted by Gasteiger charge is 2.36. The Morgan fingerprint density at radius 3 is 2.50 bits per heavy atom. The van der Waals surface area contributed by atoms with Crippen LogP contribution in [0.1, 0.15) is 32.3 Å². The molecule has 0 aromatic heterocycles. The smallest absolute Gasteiger partial charge is 0.340 e. The van der Waals surface area contributed by atoms with Gasteiger partial charge in [0.25, 0.3) is 5.91 Å². The number of allylic oxidation sites excluding steroid dienone is 1. The van der Waals surface area contributed by atoms with Crippen LogP contribution in [0, 0.1) is 0 Å². The monoisotopic (exact) mass is 345 g/mol. The van der Waals surface area contributed by atoms with E-state index in [9.17, 15) is 9.59 Å². The molecule has 0 aliphatic carbocycles. The van der Waals surface area contributed by atoms with E-state index in [1.807, 2.05) is 30.5 Å². The van der Waals surface area contributed by atoms with Crippen LogP contribution in [-0.4, -0.2) is 36.7 Å². The van der Waals surface area contributed by atoms with Crippen LogP contribution in [0.2, 0.25) is 0 Å². The number of esters is 1. The third-order valence-electron chi connectivity index (χ3n) is 4.06. The summed E-state index contributed by atoms with van der Waals surface area (Å²) < 4.78 is 4.89. The topological polar surface area (TPSA) is 46.6 Å². The summed E-state index contributed by atoms with van der Waals surface area (Å²) in [6.45, 7) is 4.49. The molecule has 1 aromatic carbocycles. The predicted octanol–water partition coefficient (Wildman–Crippen LogP) is 3.88. The Balaban J connectivity index is 2.43. The van der Waals surface area contributed by atoms with Gasteiger partial charge in [-0.1, -0.05) is 25.5 Å². The molecular formula is C19H23NO3S. The van der Waals surface area contributed by atoms with Crippen molar-refractivity contribution >= 4 is 29.7 Å². The van der Waals surface area contributed by atoms with Gasteiger partial charge in [-0.3, -0.25) is 4.79 Å². The van der Waals surface area contributed by atoms with Crippen LogP contribution in [0.3, 0.4) is 0 Å². The van der Waals surface area contributed by atoms with E-state index in [1.165, 1.54) is 7.11 Å². The number of methoxy groups -OCH3 is 1. The van der Waals surface area contributed by atoms with Crippen molar-refractivity contribution in [2.75, 3.05) is 19.9 Å². The molecule has 4 nitrogen and oxygen atoms in total. The lowest BCUT2D eigenvalue weighted by Crippen LogP contribution is -2.26. The van der Waals surface area contributed by atoms with Gasteiger partial charge < -0.3 is 9.64 Å². The summed E-state index contributed by atoms with van der Waals surface area (Å²) in [6, 6.07) is 7.90. The van der Waals surface area contributed by atoms with Crippen molar-refractivity contribution in [1.29, 1.82) is 0 Å². The van der Waals surface area contributed by atoms with Gasteiger partial charge in [0.2, 0.25) is 0 Å². The van der Waals surface area contributed by atoms with Crippen molar-refractivity contribution in [2.45, 2.75) is 31.6 Å². The van der Waals surface area contributed by atoms with Crippen LogP contribution in [0.5, 0.6) is 0 Å². The van der Waals surface area contributed by atoms with Crippen molar-refractivity contribution in [1.82, 2.24) is 4.90 Å². The summed E-state index contributed by atoms with van der Waals surface area (Å²) >= 11 is 1.66. The molecule has 5 heteroatoms. The minimum atomic E-state index is -0.466. The predicted molar refractivity (Wildman–Crippen MR) is 97.5 cm³/mol. The number of amides is 1. The maximum Gasteiger partial charge on any atom is 0.340 e. The van der Waals surface area contributed by atoms with Crippen LogP contribution in [0.25, 0.3) is 6.08 Å². The first kappa shape index (κ1) is 18.3. The molecule has 1 aliphatic heterocycles. The molecule has 0 N–H and O–H groups in total. The molecule has 24 heavy (non-hydrogen) atoms. The highest BCUT2D eigenvalue weighted by Crippen LogP contribution is 2.32. The molecule has 0 bridgehead atoms. The van der Waals surface area contributed by atoms with Crippen molar-refractivity contribution in [3.05, 3.63) is 46.7 Å². The number of unbranched alkanes of at least 4 members (excludes halogenated alkanes) is 1. The number of carbonyl (C=O) groups excluding carboxylic acids is 2. The molecule has 1 amide bonds. The van der Waals surface area contributed by atoms with E-state index >= 15 is 0 Å². The molecule has 0 radical (unpaired) electrons. The van der Waals surface area contributed by atoms with E-state index in [1.54, 1.807) is 29.7 Å². The van der Waals surface area contributed by atoms with E-state index in [0.717, 1.165) is 23.3 Å². The third kappa shape index (κ3) is 3.73. The number of hydrogen-bond acceptors (Lipinski definition) is 4. The molecule has 1 heterocycles. The van der Waals surface area contributed by atoms with Crippen LogP contribution in [0.15, 0.2) is 46.0 Å². The lowest BCUT2D eigenvalue weighted by atomic mass is 10.0. The average Bonchev–Trinajstić information content (AvgIpc) is 2.83. The lowest BCUT2D eigenvalue weighted by Gasteiger charge is -2.17. The first-order chi connectivity index (χ1) is 11.5. The van der Waals surface area contributed by atoms with E-state index < -0.39 is 5.97 Å². The summed E-state index contributed by atoms with van der Waals surface area (Å²) in [7, 11) is 1.34. The number of hydrogen-bond donors (Lipinski definition) is 0.